The van der Waals surface area contributed by atoms with Crippen molar-refractivity contribution in [2.75, 3.05) is 17.7 Å². The standard InChI is InChI=1S/C21H28N6O3/c1-12(2)23-14-8-7-9-27(21(14)29)18-11-15(25-26(18)6)17-10-16(24-13(3)4)19(30-17)20(28)22-5/h7-13,23-24H,1-6H3,(H,22,28). The lowest BCUT2D eigenvalue weighted by Crippen LogP contribution is -2.25. The highest BCUT2D eigenvalue weighted by Gasteiger charge is 2.21. The molecule has 0 aliphatic heterocycles. The Balaban J connectivity index is 2.05. The van der Waals surface area contributed by atoms with E-state index in [2.05, 4.69) is 21.0 Å². The Kier molecular flexibility index (Phi) is 6.00. The molecule has 3 heterocycles. The number of furan rings is 1. The van der Waals surface area contributed by atoms with Crippen molar-refractivity contribution < 1.29 is 9.21 Å². The van der Waals surface area contributed by atoms with E-state index in [1.54, 1.807) is 49.2 Å². The predicted octanol–water partition coefficient (Wildman–Crippen LogP) is 2.83. The summed E-state index contributed by atoms with van der Waals surface area (Å²) >= 11 is 0. The zero-order valence-electron chi connectivity index (χ0n) is 18.1. The third kappa shape index (κ3) is 4.24. The van der Waals surface area contributed by atoms with E-state index in [1.165, 1.54) is 4.57 Å². The van der Waals surface area contributed by atoms with E-state index in [9.17, 15) is 9.59 Å². The third-order valence-corrected chi connectivity index (χ3v) is 4.36. The largest absolute Gasteiger partial charge is 0.447 e. The number of nitrogens with one attached hydrogen (secondary N) is 3. The van der Waals surface area contributed by atoms with E-state index in [-0.39, 0.29) is 29.3 Å². The first-order chi connectivity index (χ1) is 14.2. The Morgan fingerprint density at radius 3 is 2.40 bits per heavy atom. The summed E-state index contributed by atoms with van der Waals surface area (Å²) < 4.78 is 8.94. The minimum Gasteiger partial charge on any atom is -0.447 e. The van der Waals surface area contributed by atoms with Crippen LogP contribution in [0, 0.1) is 0 Å². The Morgan fingerprint density at radius 1 is 1.10 bits per heavy atom. The van der Waals surface area contributed by atoms with Gasteiger partial charge in [0, 0.05) is 44.5 Å². The number of hydrogen-bond donors (Lipinski definition) is 3. The van der Waals surface area contributed by atoms with E-state index in [4.69, 9.17) is 4.42 Å². The Labute approximate surface area is 175 Å². The van der Waals surface area contributed by atoms with Crippen molar-refractivity contribution in [3.63, 3.8) is 0 Å². The lowest BCUT2D eigenvalue weighted by Gasteiger charge is -2.11. The van der Waals surface area contributed by atoms with Gasteiger partial charge < -0.3 is 20.4 Å². The molecule has 0 saturated heterocycles. The maximum absolute atomic E-state index is 12.9. The number of hydrogen-bond acceptors (Lipinski definition) is 6. The molecule has 9 heteroatoms. The molecule has 0 bridgehead atoms. The number of nitrogens with zero attached hydrogens (tertiary/aromatic N) is 3. The highest BCUT2D eigenvalue weighted by molar-refractivity contribution is 5.97. The molecule has 0 spiro atoms. The topological polar surface area (TPSA) is 106 Å². The van der Waals surface area contributed by atoms with Gasteiger partial charge in [-0.2, -0.15) is 5.10 Å². The minimum absolute atomic E-state index is 0.118. The number of pyridine rings is 1. The van der Waals surface area contributed by atoms with Crippen LogP contribution in [0.3, 0.4) is 0 Å². The summed E-state index contributed by atoms with van der Waals surface area (Å²) in [6, 6.07) is 7.31. The summed E-state index contributed by atoms with van der Waals surface area (Å²) in [5.74, 6) is 0.875. The minimum atomic E-state index is -0.329. The molecule has 0 atom stereocenters. The summed E-state index contributed by atoms with van der Waals surface area (Å²) in [4.78, 5) is 25.1. The van der Waals surface area contributed by atoms with Gasteiger partial charge >= 0.3 is 0 Å². The van der Waals surface area contributed by atoms with Crippen molar-refractivity contribution in [1.29, 1.82) is 0 Å². The number of rotatable bonds is 7. The molecule has 0 aliphatic carbocycles. The average molecular weight is 412 g/mol. The van der Waals surface area contributed by atoms with Gasteiger partial charge in [-0.1, -0.05) is 0 Å². The predicted molar refractivity (Wildman–Crippen MR) is 117 cm³/mol. The summed E-state index contributed by atoms with van der Waals surface area (Å²) in [5.41, 5.74) is 1.45. The van der Waals surface area contributed by atoms with Gasteiger partial charge in [0.2, 0.25) is 5.76 Å². The van der Waals surface area contributed by atoms with Gasteiger partial charge in [0.05, 0.1) is 5.69 Å². The Morgan fingerprint density at radius 2 is 1.77 bits per heavy atom. The van der Waals surface area contributed by atoms with Gasteiger partial charge in [-0.25, -0.2) is 0 Å². The van der Waals surface area contributed by atoms with Crippen LogP contribution >= 0.6 is 0 Å². The second-order valence-electron chi connectivity index (χ2n) is 7.64. The molecule has 0 aromatic carbocycles. The van der Waals surface area contributed by atoms with Gasteiger partial charge in [-0.15, -0.1) is 0 Å². The maximum Gasteiger partial charge on any atom is 0.288 e. The number of aromatic nitrogens is 3. The molecule has 3 N–H and O–H groups in total. The van der Waals surface area contributed by atoms with E-state index in [0.717, 1.165) is 0 Å². The molecule has 160 valence electrons. The maximum atomic E-state index is 12.9. The van der Waals surface area contributed by atoms with Crippen molar-refractivity contribution in [2.45, 2.75) is 39.8 Å². The fraction of sp³-hybridized carbons (Fsp3) is 0.381. The quantitative estimate of drug-likeness (QED) is 0.551. The van der Waals surface area contributed by atoms with Gasteiger partial charge in [0.15, 0.2) is 5.76 Å². The highest BCUT2D eigenvalue weighted by atomic mass is 16.4. The van der Waals surface area contributed by atoms with E-state index >= 15 is 0 Å². The van der Waals surface area contributed by atoms with Gasteiger partial charge in [0.1, 0.15) is 17.2 Å². The first-order valence-corrected chi connectivity index (χ1v) is 9.86. The van der Waals surface area contributed by atoms with Crippen molar-refractivity contribution in [2.24, 2.45) is 7.05 Å². The first-order valence-electron chi connectivity index (χ1n) is 9.86. The molecule has 3 rings (SSSR count). The van der Waals surface area contributed by atoms with Gasteiger partial charge in [-0.3, -0.25) is 18.8 Å². The van der Waals surface area contributed by atoms with Crippen LogP contribution in [0.15, 0.2) is 39.7 Å². The average Bonchev–Trinajstić information content (AvgIpc) is 3.26. The van der Waals surface area contributed by atoms with Crippen LogP contribution in [-0.4, -0.2) is 39.4 Å². The van der Waals surface area contributed by atoms with Crippen molar-refractivity contribution in [3.8, 4) is 17.3 Å². The first kappa shape index (κ1) is 21.2. The van der Waals surface area contributed by atoms with Crippen molar-refractivity contribution in [1.82, 2.24) is 19.7 Å². The van der Waals surface area contributed by atoms with E-state index < -0.39 is 0 Å². The number of carbonyl (C=O) groups excluding carboxylic acids is 1. The third-order valence-electron chi connectivity index (χ3n) is 4.36. The molecule has 0 unspecified atom stereocenters. The molecule has 0 fully saturated rings. The SMILES string of the molecule is CNC(=O)c1oc(-c2cc(-n3cccc(NC(C)C)c3=O)n(C)n2)cc1NC(C)C. The monoisotopic (exact) mass is 412 g/mol. The number of carbonyl (C=O) groups is 1. The van der Waals surface area contributed by atoms with E-state index in [0.29, 0.717) is 28.6 Å². The number of anilines is 2. The second-order valence-corrected chi connectivity index (χ2v) is 7.64. The summed E-state index contributed by atoms with van der Waals surface area (Å²) in [5, 5.41) is 13.4. The molecule has 30 heavy (non-hydrogen) atoms. The van der Waals surface area contributed by atoms with Crippen molar-refractivity contribution in [3.05, 3.63) is 46.6 Å². The highest BCUT2D eigenvalue weighted by Crippen LogP contribution is 2.30. The molecule has 0 radical (unpaired) electrons. The molecule has 0 aliphatic rings. The summed E-state index contributed by atoms with van der Waals surface area (Å²) in [7, 11) is 3.30. The molecule has 9 nitrogen and oxygen atoms in total. The lowest BCUT2D eigenvalue weighted by atomic mass is 10.2. The van der Waals surface area contributed by atoms with Crippen LogP contribution in [0.2, 0.25) is 0 Å². The van der Waals surface area contributed by atoms with Gasteiger partial charge in [0.25, 0.3) is 11.5 Å². The summed E-state index contributed by atoms with van der Waals surface area (Å²) in [6.45, 7) is 7.90. The van der Waals surface area contributed by atoms with Crippen LogP contribution in [0.4, 0.5) is 11.4 Å². The molecule has 1 amide bonds. The van der Waals surface area contributed by atoms with Gasteiger partial charge in [-0.05, 0) is 39.8 Å². The zero-order valence-corrected chi connectivity index (χ0v) is 18.1. The summed E-state index contributed by atoms with van der Waals surface area (Å²) in [6.07, 6.45) is 1.69. The number of amides is 1. The Hall–Kier alpha value is -3.49. The van der Waals surface area contributed by atoms with Crippen LogP contribution in [-0.2, 0) is 7.05 Å². The molecule has 0 saturated carbocycles. The second kappa shape index (κ2) is 8.48. The normalized spacial score (nSPS) is 11.2. The molecular formula is C21H28N6O3. The smallest absolute Gasteiger partial charge is 0.288 e. The zero-order chi connectivity index (χ0) is 22.0. The fourth-order valence-corrected chi connectivity index (χ4v) is 3.12. The van der Waals surface area contributed by atoms with Crippen LogP contribution < -0.4 is 21.5 Å². The van der Waals surface area contributed by atoms with Crippen LogP contribution in [0.25, 0.3) is 17.3 Å². The Bertz CT molecular complexity index is 1110. The molecule has 3 aromatic heterocycles. The van der Waals surface area contributed by atoms with Crippen molar-refractivity contribution >= 4 is 17.3 Å². The molecule has 3 aromatic rings. The molecular weight excluding hydrogens is 384 g/mol. The lowest BCUT2D eigenvalue weighted by molar-refractivity contribution is 0.0937. The fourth-order valence-electron chi connectivity index (χ4n) is 3.12. The van der Waals surface area contributed by atoms with Crippen LogP contribution in [0.1, 0.15) is 38.2 Å². The van der Waals surface area contributed by atoms with Crippen LogP contribution in [0.5, 0.6) is 0 Å². The number of aryl methyl sites for hydroxylation is 1. The van der Waals surface area contributed by atoms with E-state index in [1.807, 2.05) is 27.7 Å².